The van der Waals surface area contributed by atoms with E-state index in [0.717, 1.165) is 44.5 Å². The van der Waals surface area contributed by atoms with Crippen LogP contribution in [-0.2, 0) is 0 Å². The molecule has 0 aliphatic heterocycles. The lowest BCUT2D eigenvalue weighted by Gasteiger charge is -2.07. The van der Waals surface area contributed by atoms with Crippen LogP contribution < -0.4 is 11.1 Å². The molecule has 0 aliphatic rings. The first-order chi connectivity index (χ1) is 8.65. The number of nitrogens with zero attached hydrogens (tertiary/aromatic N) is 1. The summed E-state index contributed by atoms with van der Waals surface area (Å²) in [6.07, 6.45) is 4.34. The van der Waals surface area contributed by atoms with Crippen LogP contribution in [0.1, 0.15) is 25.7 Å². The van der Waals surface area contributed by atoms with E-state index in [1.54, 1.807) is 6.07 Å². The van der Waals surface area contributed by atoms with Crippen molar-refractivity contribution < 1.29 is 4.92 Å². The number of nitrogens with two attached hydrogens (primary N) is 1. The van der Waals surface area contributed by atoms with Crippen molar-refractivity contribution in [1.29, 1.82) is 0 Å². The fourth-order valence-corrected chi connectivity index (χ4v) is 1.85. The summed E-state index contributed by atoms with van der Waals surface area (Å²) >= 11 is 5.95. The highest BCUT2D eigenvalue weighted by atomic mass is 35.5. The normalized spacial score (nSPS) is 10.3. The molecule has 0 amide bonds. The minimum absolute atomic E-state index is 0.00787. The minimum atomic E-state index is -0.456. The number of unbranched alkanes of at least 4 members (excludes halogenated alkanes) is 3. The number of nitro groups is 1. The predicted molar refractivity (Wildman–Crippen MR) is 74.1 cm³/mol. The summed E-state index contributed by atoms with van der Waals surface area (Å²) < 4.78 is 0. The molecular weight excluding hydrogens is 254 g/mol. The Morgan fingerprint density at radius 2 is 2.00 bits per heavy atom. The van der Waals surface area contributed by atoms with Gasteiger partial charge in [-0.25, -0.2) is 0 Å². The molecule has 0 spiro atoms. The molecule has 100 valence electrons. The van der Waals surface area contributed by atoms with E-state index in [1.165, 1.54) is 12.1 Å². The number of benzene rings is 1. The van der Waals surface area contributed by atoms with Crippen LogP contribution in [0, 0.1) is 10.1 Å². The van der Waals surface area contributed by atoms with E-state index in [9.17, 15) is 10.1 Å². The number of anilines is 1. The molecule has 0 unspecified atom stereocenters. The van der Waals surface area contributed by atoms with Crippen molar-refractivity contribution in [2.75, 3.05) is 18.4 Å². The van der Waals surface area contributed by atoms with Gasteiger partial charge in [-0.05, 0) is 25.5 Å². The Bertz CT molecular complexity index is 399. The zero-order valence-corrected chi connectivity index (χ0v) is 10.9. The van der Waals surface area contributed by atoms with Gasteiger partial charge < -0.3 is 11.1 Å². The molecule has 0 atom stereocenters. The monoisotopic (exact) mass is 271 g/mol. The Balaban J connectivity index is 2.36. The third kappa shape index (κ3) is 4.89. The zero-order valence-electron chi connectivity index (χ0n) is 10.2. The zero-order chi connectivity index (χ0) is 13.4. The Labute approximate surface area is 111 Å². The molecule has 6 heteroatoms. The van der Waals surface area contributed by atoms with Gasteiger partial charge >= 0.3 is 0 Å². The van der Waals surface area contributed by atoms with Crippen molar-refractivity contribution in [3.63, 3.8) is 0 Å². The molecule has 0 aromatic heterocycles. The van der Waals surface area contributed by atoms with E-state index in [0.29, 0.717) is 5.02 Å². The lowest BCUT2D eigenvalue weighted by atomic mass is 10.2. The van der Waals surface area contributed by atoms with Crippen molar-refractivity contribution in [2.45, 2.75) is 25.7 Å². The highest BCUT2D eigenvalue weighted by molar-refractivity contribution is 6.33. The lowest BCUT2D eigenvalue weighted by Crippen LogP contribution is -2.03. The van der Waals surface area contributed by atoms with E-state index >= 15 is 0 Å². The van der Waals surface area contributed by atoms with E-state index in [4.69, 9.17) is 17.3 Å². The maximum Gasteiger partial charge on any atom is 0.271 e. The minimum Gasteiger partial charge on any atom is -0.384 e. The third-order valence-electron chi connectivity index (χ3n) is 2.61. The Hall–Kier alpha value is -1.33. The van der Waals surface area contributed by atoms with Crippen LogP contribution in [0.15, 0.2) is 18.2 Å². The standard InChI is InChI=1S/C12H18ClN3O2/c13-11-9-10(16(17)18)5-6-12(11)15-8-4-2-1-3-7-14/h5-6,9,15H,1-4,7-8,14H2. The Morgan fingerprint density at radius 1 is 1.28 bits per heavy atom. The molecule has 5 nitrogen and oxygen atoms in total. The number of rotatable bonds is 8. The van der Waals surface area contributed by atoms with Crippen molar-refractivity contribution in [1.82, 2.24) is 0 Å². The van der Waals surface area contributed by atoms with Crippen molar-refractivity contribution in [3.8, 4) is 0 Å². The second kappa shape index (κ2) is 7.89. The molecular formula is C12H18ClN3O2. The fraction of sp³-hybridized carbons (Fsp3) is 0.500. The Morgan fingerprint density at radius 3 is 2.61 bits per heavy atom. The molecule has 0 saturated heterocycles. The summed E-state index contributed by atoms with van der Waals surface area (Å²) in [4.78, 5) is 10.1. The van der Waals surface area contributed by atoms with Crippen molar-refractivity contribution in [2.24, 2.45) is 5.73 Å². The number of nitro benzene ring substituents is 1. The number of hydrogen-bond acceptors (Lipinski definition) is 4. The van der Waals surface area contributed by atoms with Gasteiger partial charge in [0, 0.05) is 18.7 Å². The van der Waals surface area contributed by atoms with Gasteiger partial charge in [0.05, 0.1) is 15.6 Å². The van der Waals surface area contributed by atoms with Crippen LogP contribution in [0.2, 0.25) is 5.02 Å². The molecule has 18 heavy (non-hydrogen) atoms. The molecule has 1 rings (SSSR count). The summed E-state index contributed by atoms with van der Waals surface area (Å²) in [5.74, 6) is 0. The van der Waals surface area contributed by atoms with Gasteiger partial charge in [-0.15, -0.1) is 0 Å². The van der Waals surface area contributed by atoms with Gasteiger partial charge in [0.1, 0.15) is 0 Å². The van der Waals surface area contributed by atoms with Crippen molar-refractivity contribution in [3.05, 3.63) is 33.3 Å². The topological polar surface area (TPSA) is 81.2 Å². The summed E-state index contributed by atoms with van der Waals surface area (Å²) in [5, 5.41) is 14.1. The highest BCUT2D eigenvalue weighted by Gasteiger charge is 2.08. The Kier molecular flexibility index (Phi) is 6.46. The molecule has 0 heterocycles. The molecule has 0 bridgehead atoms. The predicted octanol–water partition coefficient (Wildman–Crippen LogP) is 3.18. The first kappa shape index (κ1) is 14.7. The third-order valence-corrected chi connectivity index (χ3v) is 2.92. The van der Waals surface area contributed by atoms with Gasteiger partial charge in [0.25, 0.3) is 5.69 Å². The maximum atomic E-state index is 10.5. The second-order valence-corrected chi connectivity index (χ2v) is 4.46. The van der Waals surface area contributed by atoms with E-state index in [-0.39, 0.29) is 5.69 Å². The maximum absolute atomic E-state index is 10.5. The number of halogens is 1. The lowest BCUT2D eigenvalue weighted by molar-refractivity contribution is -0.384. The van der Waals surface area contributed by atoms with Crippen LogP contribution in [0.4, 0.5) is 11.4 Å². The molecule has 0 aliphatic carbocycles. The fourth-order valence-electron chi connectivity index (χ4n) is 1.61. The number of hydrogen-bond donors (Lipinski definition) is 2. The van der Waals surface area contributed by atoms with Gasteiger partial charge in [0.2, 0.25) is 0 Å². The van der Waals surface area contributed by atoms with E-state index in [1.807, 2.05) is 0 Å². The summed E-state index contributed by atoms with van der Waals surface area (Å²) in [7, 11) is 0. The average molecular weight is 272 g/mol. The largest absolute Gasteiger partial charge is 0.384 e. The summed E-state index contributed by atoms with van der Waals surface area (Å²) in [5.41, 5.74) is 6.15. The van der Waals surface area contributed by atoms with Gasteiger partial charge in [-0.2, -0.15) is 0 Å². The molecule has 1 aromatic carbocycles. The molecule has 0 saturated carbocycles. The van der Waals surface area contributed by atoms with E-state index in [2.05, 4.69) is 5.32 Å². The SMILES string of the molecule is NCCCCCCNc1ccc([N+](=O)[O-])cc1Cl. The van der Waals surface area contributed by atoms with Crippen molar-refractivity contribution >= 4 is 23.0 Å². The number of nitrogens with one attached hydrogen (secondary N) is 1. The van der Waals surface area contributed by atoms with Gasteiger partial charge in [-0.3, -0.25) is 10.1 Å². The second-order valence-electron chi connectivity index (χ2n) is 4.05. The van der Waals surface area contributed by atoms with Crippen LogP contribution in [0.25, 0.3) is 0 Å². The first-order valence-electron chi connectivity index (χ1n) is 6.03. The van der Waals surface area contributed by atoms with Crippen LogP contribution in [0.5, 0.6) is 0 Å². The van der Waals surface area contributed by atoms with Crippen LogP contribution >= 0.6 is 11.6 Å². The van der Waals surface area contributed by atoms with Crippen LogP contribution in [0.3, 0.4) is 0 Å². The first-order valence-corrected chi connectivity index (χ1v) is 6.41. The van der Waals surface area contributed by atoms with Gasteiger partial charge in [0.15, 0.2) is 0 Å². The summed E-state index contributed by atoms with van der Waals surface area (Å²) in [6.45, 7) is 1.55. The molecule has 0 radical (unpaired) electrons. The quantitative estimate of drug-likeness (QED) is 0.432. The van der Waals surface area contributed by atoms with Gasteiger partial charge in [-0.1, -0.05) is 24.4 Å². The average Bonchev–Trinajstić information content (AvgIpc) is 2.35. The van der Waals surface area contributed by atoms with E-state index < -0.39 is 4.92 Å². The van der Waals surface area contributed by atoms with Crippen LogP contribution in [-0.4, -0.2) is 18.0 Å². The smallest absolute Gasteiger partial charge is 0.271 e. The molecule has 1 aromatic rings. The molecule has 0 fully saturated rings. The molecule has 3 N–H and O–H groups in total. The summed E-state index contributed by atoms with van der Waals surface area (Å²) in [6, 6.07) is 4.45. The highest BCUT2D eigenvalue weighted by Crippen LogP contribution is 2.26. The number of non-ortho nitro benzene ring substituents is 1.